The number of aldehydes is 1. The zero-order valence-electron chi connectivity index (χ0n) is 7.03. The van der Waals surface area contributed by atoms with E-state index in [1.807, 2.05) is 13.0 Å². The lowest BCUT2D eigenvalue weighted by Gasteiger charge is -2.02. The van der Waals surface area contributed by atoms with Crippen LogP contribution in [-0.2, 0) is 11.2 Å². The molecule has 0 spiro atoms. The molecule has 0 bridgehead atoms. The first-order chi connectivity index (χ1) is 5.72. The molecule has 0 fully saturated rings. The summed E-state index contributed by atoms with van der Waals surface area (Å²) in [6.45, 7) is 1.88. The maximum atomic E-state index is 10.3. The molecule has 64 valence electrons. The van der Waals surface area contributed by atoms with Gasteiger partial charge in [0.2, 0.25) is 0 Å². The van der Waals surface area contributed by atoms with Crippen molar-refractivity contribution in [1.82, 2.24) is 4.98 Å². The molecule has 1 atom stereocenters. The lowest BCUT2D eigenvalue weighted by atomic mass is 10.0. The molecule has 0 aliphatic heterocycles. The predicted molar refractivity (Wildman–Crippen MR) is 47.6 cm³/mol. The van der Waals surface area contributed by atoms with Crippen molar-refractivity contribution in [2.24, 2.45) is 5.92 Å². The van der Waals surface area contributed by atoms with E-state index >= 15 is 0 Å². The Kier molecular flexibility index (Phi) is 2.80. The minimum Gasteiger partial charge on any atom is -0.384 e. The van der Waals surface area contributed by atoms with E-state index in [2.05, 4.69) is 4.98 Å². The molecule has 0 radical (unpaired) electrons. The fourth-order valence-electron chi connectivity index (χ4n) is 0.977. The average Bonchev–Trinajstić information content (AvgIpc) is 2.09. The van der Waals surface area contributed by atoms with Gasteiger partial charge >= 0.3 is 0 Å². The number of hydrogen-bond donors (Lipinski definition) is 1. The van der Waals surface area contributed by atoms with Crippen LogP contribution in [0.5, 0.6) is 0 Å². The highest BCUT2D eigenvalue weighted by Gasteiger charge is 2.01. The molecule has 0 saturated carbocycles. The second-order valence-electron chi connectivity index (χ2n) is 2.91. The van der Waals surface area contributed by atoms with Gasteiger partial charge in [-0.05, 0) is 18.1 Å². The molecule has 1 rings (SSSR count). The van der Waals surface area contributed by atoms with E-state index in [-0.39, 0.29) is 5.92 Å². The van der Waals surface area contributed by atoms with Crippen molar-refractivity contribution in [3.05, 3.63) is 23.9 Å². The summed E-state index contributed by atoms with van der Waals surface area (Å²) in [6, 6.07) is 3.63. The molecule has 1 aromatic rings. The van der Waals surface area contributed by atoms with Crippen molar-refractivity contribution in [3.8, 4) is 0 Å². The van der Waals surface area contributed by atoms with Crippen molar-refractivity contribution in [3.63, 3.8) is 0 Å². The highest BCUT2D eigenvalue weighted by atomic mass is 16.1. The Hall–Kier alpha value is -1.38. The van der Waals surface area contributed by atoms with Gasteiger partial charge in [-0.15, -0.1) is 0 Å². The van der Waals surface area contributed by atoms with E-state index < -0.39 is 0 Å². The summed E-state index contributed by atoms with van der Waals surface area (Å²) in [4.78, 5) is 14.3. The Bertz CT molecular complexity index is 256. The number of pyridine rings is 1. The number of hydrogen-bond acceptors (Lipinski definition) is 3. The van der Waals surface area contributed by atoms with Crippen LogP contribution in [0.1, 0.15) is 12.5 Å². The third-order valence-corrected chi connectivity index (χ3v) is 1.64. The van der Waals surface area contributed by atoms with E-state index in [9.17, 15) is 4.79 Å². The first-order valence-electron chi connectivity index (χ1n) is 3.88. The molecule has 0 saturated heterocycles. The number of carbonyl (C=O) groups is 1. The van der Waals surface area contributed by atoms with Crippen molar-refractivity contribution in [1.29, 1.82) is 0 Å². The Morgan fingerprint density at radius 2 is 2.42 bits per heavy atom. The Morgan fingerprint density at radius 1 is 1.67 bits per heavy atom. The summed E-state index contributed by atoms with van der Waals surface area (Å²) in [5.74, 6) is 0.563. The highest BCUT2D eigenvalue weighted by molar-refractivity contribution is 5.53. The second kappa shape index (κ2) is 3.85. The molecule has 1 aromatic heterocycles. The standard InChI is InChI=1S/C9H12N2O/c1-7(6-12)4-8-2-3-9(10)11-5-8/h2-3,5-7H,4H2,1H3,(H2,10,11). The van der Waals surface area contributed by atoms with E-state index in [0.717, 1.165) is 18.3 Å². The molecule has 12 heavy (non-hydrogen) atoms. The van der Waals surface area contributed by atoms with Gasteiger partial charge in [-0.1, -0.05) is 13.0 Å². The fourth-order valence-corrected chi connectivity index (χ4v) is 0.977. The largest absolute Gasteiger partial charge is 0.384 e. The van der Waals surface area contributed by atoms with E-state index in [1.165, 1.54) is 0 Å². The average molecular weight is 164 g/mol. The number of carbonyl (C=O) groups excluding carboxylic acids is 1. The third-order valence-electron chi connectivity index (χ3n) is 1.64. The number of nitrogen functional groups attached to an aromatic ring is 1. The van der Waals surface area contributed by atoms with Gasteiger partial charge in [0.05, 0.1) is 0 Å². The van der Waals surface area contributed by atoms with Crippen LogP contribution in [-0.4, -0.2) is 11.3 Å². The monoisotopic (exact) mass is 164 g/mol. The van der Waals surface area contributed by atoms with E-state index in [4.69, 9.17) is 5.73 Å². The zero-order chi connectivity index (χ0) is 8.97. The summed E-state index contributed by atoms with van der Waals surface area (Å²) < 4.78 is 0. The van der Waals surface area contributed by atoms with Crippen LogP contribution < -0.4 is 5.73 Å². The molecular weight excluding hydrogens is 152 g/mol. The molecule has 1 unspecified atom stereocenters. The number of aromatic nitrogens is 1. The molecule has 1 heterocycles. The Morgan fingerprint density at radius 3 is 2.92 bits per heavy atom. The van der Waals surface area contributed by atoms with Gasteiger partial charge in [0, 0.05) is 12.1 Å². The maximum Gasteiger partial charge on any atom is 0.123 e. The molecule has 0 aliphatic carbocycles. The van der Waals surface area contributed by atoms with Crippen LogP contribution in [0.3, 0.4) is 0 Å². The predicted octanol–water partition coefficient (Wildman–Crippen LogP) is 1.04. The van der Waals surface area contributed by atoms with Crippen LogP contribution in [0.15, 0.2) is 18.3 Å². The summed E-state index contributed by atoms with van der Waals surface area (Å²) in [7, 11) is 0. The molecule has 0 aromatic carbocycles. The van der Waals surface area contributed by atoms with Crippen molar-refractivity contribution >= 4 is 12.1 Å². The van der Waals surface area contributed by atoms with Gasteiger partial charge in [0.15, 0.2) is 0 Å². The molecule has 3 nitrogen and oxygen atoms in total. The van der Waals surface area contributed by atoms with Gasteiger partial charge < -0.3 is 10.5 Å². The van der Waals surface area contributed by atoms with Gasteiger partial charge in [-0.2, -0.15) is 0 Å². The first kappa shape index (κ1) is 8.71. The molecule has 3 heteroatoms. The smallest absolute Gasteiger partial charge is 0.123 e. The van der Waals surface area contributed by atoms with Gasteiger partial charge in [0.25, 0.3) is 0 Å². The van der Waals surface area contributed by atoms with Gasteiger partial charge in [-0.25, -0.2) is 4.98 Å². The highest BCUT2D eigenvalue weighted by Crippen LogP contribution is 2.06. The topological polar surface area (TPSA) is 56.0 Å². The summed E-state index contributed by atoms with van der Waals surface area (Å²) >= 11 is 0. The minimum atomic E-state index is 0.0513. The number of rotatable bonds is 3. The number of anilines is 1. The SMILES string of the molecule is CC(C=O)Cc1ccc(N)nc1. The minimum absolute atomic E-state index is 0.0513. The summed E-state index contributed by atoms with van der Waals surface area (Å²) in [6.07, 6.45) is 3.38. The van der Waals surface area contributed by atoms with Crippen LogP contribution in [0, 0.1) is 5.92 Å². The molecule has 2 N–H and O–H groups in total. The molecule has 0 amide bonds. The van der Waals surface area contributed by atoms with E-state index in [1.54, 1.807) is 12.3 Å². The second-order valence-corrected chi connectivity index (χ2v) is 2.91. The summed E-state index contributed by atoms with van der Waals surface area (Å²) in [5.41, 5.74) is 6.45. The third kappa shape index (κ3) is 2.34. The zero-order valence-corrected chi connectivity index (χ0v) is 7.03. The maximum absolute atomic E-state index is 10.3. The van der Waals surface area contributed by atoms with Crippen LogP contribution in [0.25, 0.3) is 0 Å². The van der Waals surface area contributed by atoms with E-state index in [0.29, 0.717) is 5.82 Å². The lowest BCUT2D eigenvalue weighted by molar-refractivity contribution is -0.110. The molecule has 0 aliphatic rings. The van der Waals surface area contributed by atoms with Crippen molar-refractivity contribution in [2.75, 3.05) is 5.73 Å². The van der Waals surface area contributed by atoms with Crippen LogP contribution in [0.4, 0.5) is 5.82 Å². The lowest BCUT2D eigenvalue weighted by Crippen LogP contribution is -2.01. The van der Waals surface area contributed by atoms with Crippen molar-refractivity contribution in [2.45, 2.75) is 13.3 Å². The first-order valence-corrected chi connectivity index (χ1v) is 3.88. The molecular formula is C9H12N2O. The number of nitrogens with zero attached hydrogens (tertiary/aromatic N) is 1. The normalized spacial score (nSPS) is 12.4. The van der Waals surface area contributed by atoms with Crippen LogP contribution in [0.2, 0.25) is 0 Å². The number of nitrogens with two attached hydrogens (primary N) is 1. The fraction of sp³-hybridized carbons (Fsp3) is 0.333. The van der Waals surface area contributed by atoms with Gasteiger partial charge in [-0.3, -0.25) is 0 Å². The van der Waals surface area contributed by atoms with Gasteiger partial charge in [0.1, 0.15) is 12.1 Å². The Labute approximate surface area is 71.6 Å². The van der Waals surface area contributed by atoms with Crippen molar-refractivity contribution < 1.29 is 4.79 Å². The summed E-state index contributed by atoms with van der Waals surface area (Å²) in [5, 5.41) is 0. The quantitative estimate of drug-likeness (QED) is 0.679. The Balaban J connectivity index is 2.64. The van der Waals surface area contributed by atoms with Crippen LogP contribution >= 0.6 is 0 Å².